The Kier molecular flexibility index (Phi) is 6.01. The van der Waals surface area contributed by atoms with Gasteiger partial charge in [-0.25, -0.2) is 0 Å². The molecule has 0 spiro atoms. The number of hydrogen-bond acceptors (Lipinski definition) is 2. The zero-order chi connectivity index (χ0) is 16.1. The van der Waals surface area contributed by atoms with Crippen molar-refractivity contribution in [2.45, 2.75) is 46.1 Å². The van der Waals surface area contributed by atoms with Gasteiger partial charge in [0, 0.05) is 18.5 Å². The Morgan fingerprint density at radius 1 is 1.27 bits per heavy atom. The van der Waals surface area contributed by atoms with Gasteiger partial charge in [-0.15, -0.1) is 0 Å². The van der Waals surface area contributed by atoms with Crippen LogP contribution in [0.3, 0.4) is 0 Å². The van der Waals surface area contributed by atoms with Crippen molar-refractivity contribution in [3.8, 4) is 0 Å². The average molecular weight is 302 g/mol. The van der Waals surface area contributed by atoms with E-state index in [9.17, 15) is 4.79 Å². The second-order valence-corrected chi connectivity index (χ2v) is 7.19. The van der Waals surface area contributed by atoms with Gasteiger partial charge in [-0.3, -0.25) is 4.79 Å². The normalized spacial score (nSPS) is 26.7. The van der Waals surface area contributed by atoms with Crippen LogP contribution in [0.5, 0.6) is 0 Å². The van der Waals surface area contributed by atoms with E-state index in [1.807, 2.05) is 30.3 Å². The zero-order valence-electron chi connectivity index (χ0n) is 14.1. The van der Waals surface area contributed by atoms with Crippen LogP contribution in [0.15, 0.2) is 30.3 Å². The monoisotopic (exact) mass is 302 g/mol. The summed E-state index contributed by atoms with van der Waals surface area (Å²) in [5.74, 6) is 2.05. The third kappa shape index (κ3) is 4.33. The van der Waals surface area contributed by atoms with Crippen LogP contribution in [0.4, 0.5) is 0 Å². The molecule has 0 aliphatic heterocycles. The molecule has 1 fully saturated rings. The topological polar surface area (TPSA) is 55.1 Å². The van der Waals surface area contributed by atoms with E-state index in [0.717, 1.165) is 12.0 Å². The molecule has 1 aromatic carbocycles. The van der Waals surface area contributed by atoms with Crippen LogP contribution in [0.2, 0.25) is 0 Å². The van der Waals surface area contributed by atoms with Gasteiger partial charge in [0.25, 0.3) is 0 Å². The summed E-state index contributed by atoms with van der Waals surface area (Å²) in [7, 11) is 0. The molecule has 1 amide bonds. The molecule has 1 aliphatic carbocycles. The summed E-state index contributed by atoms with van der Waals surface area (Å²) in [4.78, 5) is 12.6. The Bertz CT molecular complexity index is 472. The third-order valence-electron chi connectivity index (χ3n) is 5.08. The molecule has 0 saturated heterocycles. The highest BCUT2D eigenvalue weighted by Gasteiger charge is 2.35. The molecular formula is C19H30N2O. The number of nitrogens with one attached hydrogen (secondary N) is 1. The Morgan fingerprint density at radius 2 is 1.95 bits per heavy atom. The molecule has 3 nitrogen and oxygen atoms in total. The van der Waals surface area contributed by atoms with Crippen LogP contribution in [-0.2, 0) is 4.79 Å². The number of rotatable bonds is 5. The first-order chi connectivity index (χ1) is 10.5. The quantitative estimate of drug-likeness (QED) is 0.874. The second kappa shape index (κ2) is 7.77. The predicted molar refractivity (Wildman–Crippen MR) is 91.2 cm³/mol. The molecule has 0 unspecified atom stereocenters. The number of hydrogen-bond donors (Lipinski definition) is 2. The molecule has 4 atom stereocenters. The predicted octanol–water partition coefficient (Wildman–Crippen LogP) is 3.51. The fraction of sp³-hybridized carbons (Fsp3) is 0.632. The molecular weight excluding hydrogens is 272 g/mol. The van der Waals surface area contributed by atoms with Gasteiger partial charge >= 0.3 is 0 Å². The number of nitrogens with two attached hydrogens (primary N) is 1. The molecule has 3 N–H and O–H groups in total. The van der Waals surface area contributed by atoms with Crippen molar-refractivity contribution in [3.63, 3.8) is 0 Å². The van der Waals surface area contributed by atoms with Crippen LogP contribution in [0.1, 0.15) is 51.6 Å². The van der Waals surface area contributed by atoms with Crippen LogP contribution < -0.4 is 11.1 Å². The van der Waals surface area contributed by atoms with E-state index in [1.165, 1.54) is 12.8 Å². The Morgan fingerprint density at radius 3 is 2.59 bits per heavy atom. The van der Waals surface area contributed by atoms with Crippen molar-refractivity contribution in [1.29, 1.82) is 0 Å². The number of carbonyl (C=O) groups is 1. The lowest BCUT2D eigenvalue weighted by atomic mass is 9.70. The lowest BCUT2D eigenvalue weighted by Crippen LogP contribution is -2.42. The number of benzene rings is 1. The minimum atomic E-state index is -0.135. The van der Waals surface area contributed by atoms with E-state index in [2.05, 4.69) is 26.1 Å². The fourth-order valence-electron chi connectivity index (χ4n) is 3.66. The van der Waals surface area contributed by atoms with Crippen molar-refractivity contribution in [2.24, 2.45) is 29.4 Å². The van der Waals surface area contributed by atoms with Crippen molar-refractivity contribution >= 4 is 5.91 Å². The van der Waals surface area contributed by atoms with Crippen LogP contribution in [0.25, 0.3) is 0 Å². The largest absolute Gasteiger partial charge is 0.354 e. The summed E-state index contributed by atoms with van der Waals surface area (Å²) >= 11 is 0. The molecule has 3 heteroatoms. The number of carbonyl (C=O) groups excluding carboxylic acids is 1. The SMILES string of the molecule is CC(C)[C@@H]1CC[C@@H](C)C[C@H]1C(=O)NC[C@@H](N)c1ccccc1. The highest BCUT2D eigenvalue weighted by Crippen LogP contribution is 2.38. The molecule has 2 rings (SSSR count). The Balaban J connectivity index is 1.92. The standard InChI is InChI=1S/C19H30N2O/c1-13(2)16-10-9-14(3)11-17(16)19(22)21-12-18(20)15-7-5-4-6-8-15/h4-8,13-14,16-18H,9-12,20H2,1-3H3,(H,21,22)/t14-,16+,17-,18-/m1/s1. The number of amides is 1. The lowest BCUT2D eigenvalue weighted by molar-refractivity contribution is -0.129. The molecule has 0 bridgehead atoms. The maximum Gasteiger partial charge on any atom is 0.223 e. The maximum atomic E-state index is 12.6. The molecule has 22 heavy (non-hydrogen) atoms. The van der Waals surface area contributed by atoms with E-state index < -0.39 is 0 Å². The van der Waals surface area contributed by atoms with Gasteiger partial charge in [0.1, 0.15) is 0 Å². The maximum absolute atomic E-state index is 12.6. The second-order valence-electron chi connectivity index (χ2n) is 7.19. The van der Waals surface area contributed by atoms with Crippen molar-refractivity contribution in [3.05, 3.63) is 35.9 Å². The van der Waals surface area contributed by atoms with E-state index in [0.29, 0.717) is 24.3 Å². The third-order valence-corrected chi connectivity index (χ3v) is 5.08. The first-order valence-electron chi connectivity index (χ1n) is 8.57. The fourth-order valence-corrected chi connectivity index (χ4v) is 3.66. The van der Waals surface area contributed by atoms with Crippen molar-refractivity contribution < 1.29 is 4.79 Å². The van der Waals surface area contributed by atoms with E-state index in [1.54, 1.807) is 0 Å². The van der Waals surface area contributed by atoms with Gasteiger partial charge in [-0.1, -0.05) is 57.5 Å². The average Bonchev–Trinajstić information content (AvgIpc) is 2.52. The van der Waals surface area contributed by atoms with Crippen molar-refractivity contribution in [2.75, 3.05) is 6.54 Å². The van der Waals surface area contributed by atoms with Gasteiger partial charge in [0.2, 0.25) is 5.91 Å². The molecule has 1 saturated carbocycles. The molecule has 1 aromatic rings. The van der Waals surface area contributed by atoms with Gasteiger partial charge in [0.15, 0.2) is 0 Å². The summed E-state index contributed by atoms with van der Waals surface area (Å²) in [5, 5.41) is 3.09. The first kappa shape index (κ1) is 17.0. The summed E-state index contributed by atoms with van der Waals surface area (Å²) in [6, 6.07) is 9.82. The van der Waals surface area contributed by atoms with E-state index >= 15 is 0 Å². The highest BCUT2D eigenvalue weighted by atomic mass is 16.1. The Labute approximate surface area is 134 Å². The first-order valence-corrected chi connectivity index (χ1v) is 8.57. The minimum Gasteiger partial charge on any atom is -0.354 e. The lowest BCUT2D eigenvalue weighted by Gasteiger charge is -2.36. The van der Waals surface area contributed by atoms with Gasteiger partial charge in [-0.05, 0) is 36.2 Å². The van der Waals surface area contributed by atoms with Gasteiger partial charge in [-0.2, -0.15) is 0 Å². The summed E-state index contributed by atoms with van der Waals surface area (Å²) in [6.45, 7) is 7.23. The minimum absolute atomic E-state index is 0.135. The van der Waals surface area contributed by atoms with Crippen LogP contribution >= 0.6 is 0 Å². The summed E-state index contributed by atoms with van der Waals surface area (Å²) in [6.07, 6.45) is 3.42. The smallest absolute Gasteiger partial charge is 0.223 e. The summed E-state index contributed by atoms with van der Waals surface area (Å²) < 4.78 is 0. The molecule has 0 radical (unpaired) electrons. The molecule has 122 valence electrons. The molecule has 1 aliphatic rings. The zero-order valence-corrected chi connectivity index (χ0v) is 14.1. The molecule has 0 aromatic heterocycles. The van der Waals surface area contributed by atoms with E-state index in [-0.39, 0.29) is 17.9 Å². The van der Waals surface area contributed by atoms with Gasteiger partial charge in [0.05, 0.1) is 0 Å². The highest BCUT2D eigenvalue weighted by molar-refractivity contribution is 5.79. The molecule has 0 heterocycles. The van der Waals surface area contributed by atoms with E-state index in [4.69, 9.17) is 5.73 Å². The van der Waals surface area contributed by atoms with Crippen molar-refractivity contribution in [1.82, 2.24) is 5.32 Å². The summed E-state index contributed by atoms with van der Waals surface area (Å²) in [5.41, 5.74) is 7.25. The van der Waals surface area contributed by atoms with Gasteiger partial charge < -0.3 is 11.1 Å². The van der Waals surface area contributed by atoms with Crippen LogP contribution in [-0.4, -0.2) is 12.5 Å². The Hall–Kier alpha value is -1.35. The van der Waals surface area contributed by atoms with Crippen LogP contribution in [0, 0.1) is 23.7 Å².